The lowest BCUT2D eigenvalue weighted by atomic mass is 9.96. The van der Waals surface area contributed by atoms with Gasteiger partial charge in [0.05, 0.1) is 12.5 Å². The molecule has 4 nitrogen and oxygen atoms in total. The number of hydrogen-bond donors (Lipinski definition) is 2. The van der Waals surface area contributed by atoms with E-state index in [0.29, 0.717) is 12.1 Å². The van der Waals surface area contributed by atoms with Crippen LogP contribution in [0, 0.1) is 0 Å². The maximum atomic E-state index is 12.6. The van der Waals surface area contributed by atoms with Gasteiger partial charge in [-0.2, -0.15) is 0 Å². The summed E-state index contributed by atoms with van der Waals surface area (Å²) in [6, 6.07) is 6.78. The summed E-state index contributed by atoms with van der Waals surface area (Å²) in [7, 11) is 0. The number of carboxylic acids is 1. The number of hydrogen-bond acceptors (Lipinski definition) is 3. The smallest absolute Gasteiger partial charge is 0.305 e. The van der Waals surface area contributed by atoms with Crippen molar-refractivity contribution in [2.24, 2.45) is 0 Å². The van der Waals surface area contributed by atoms with Gasteiger partial charge < -0.3 is 10.4 Å². The summed E-state index contributed by atoms with van der Waals surface area (Å²) < 4.78 is 0. The molecule has 130 valence electrons. The van der Waals surface area contributed by atoms with Crippen LogP contribution in [0.15, 0.2) is 35.9 Å². The van der Waals surface area contributed by atoms with Crippen LogP contribution in [0.3, 0.4) is 0 Å². The Hall–Kier alpha value is -1.94. The highest BCUT2D eigenvalue weighted by Crippen LogP contribution is 2.19. The molecule has 4 heteroatoms. The van der Waals surface area contributed by atoms with Gasteiger partial charge in [0, 0.05) is 5.56 Å². The first-order valence-corrected chi connectivity index (χ1v) is 8.86. The molecule has 2 rings (SSSR count). The topological polar surface area (TPSA) is 66.4 Å². The van der Waals surface area contributed by atoms with E-state index in [1.165, 1.54) is 24.0 Å². The molecule has 0 radical (unpaired) electrons. The molecule has 0 aliphatic heterocycles. The van der Waals surface area contributed by atoms with Crippen LogP contribution >= 0.6 is 0 Å². The number of ketones is 1. The number of allylic oxidation sites excluding steroid dienone is 1. The highest BCUT2D eigenvalue weighted by atomic mass is 16.4. The van der Waals surface area contributed by atoms with Gasteiger partial charge in [-0.05, 0) is 50.6 Å². The summed E-state index contributed by atoms with van der Waals surface area (Å²) in [5, 5.41) is 12.3. The zero-order chi connectivity index (χ0) is 17.4. The van der Waals surface area contributed by atoms with Crippen LogP contribution in [-0.4, -0.2) is 29.4 Å². The average Bonchev–Trinajstić information content (AvgIpc) is 2.61. The van der Waals surface area contributed by atoms with Gasteiger partial charge in [-0.3, -0.25) is 9.59 Å². The monoisotopic (exact) mass is 329 g/mol. The number of nitrogens with one attached hydrogen (secondary N) is 1. The van der Waals surface area contributed by atoms with Crippen molar-refractivity contribution in [3.05, 3.63) is 47.0 Å². The Morgan fingerprint density at radius 1 is 1.21 bits per heavy atom. The fraction of sp³-hybridized carbons (Fsp3) is 0.500. The summed E-state index contributed by atoms with van der Waals surface area (Å²) >= 11 is 0. The van der Waals surface area contributed by atoms with Crippen molar-refractivity contribution >= 4 is 11.8 Å². The largest absolute Gasteiger partial charge is 0.481 e. The summed E-state index contributed by atoms with van der Waals surface area (Å²) in [5.74, 6) is -1.10. The van der Waals surface area contributed by atoms with Gasteiger partial charge in [-0.1, -0.05) is 42.8 Å². The molecule has 0 spiro atoms. The van der Waals surface area contributed by atoms with Gasteiger partial charge in [0.1, 0.15) is 0 Å². The molecule has 0 heterocycles. The minimum atomic E-state index is -0.956. The Kier molecular flexibility index (Phi) is 7.19. The standard InChI is InChI=1S/C20H27NO3/c1-2-15-8-10-17(11-9-15)20(24)18(14-19(22)23)21-13-12-16-6-4-3-5-7-16/h6,8-11,18,21H,2-5,7,12-14H2,1H3,(H,22,23). The maximum Gasteiger partial charge on any atom is 0.305 e. The first-order valence-electron chi connectivity index (χ1n) is 8.86. The van der Waals surface area contributed by atoms with E-state index < -0.39 is 12.0 Å². The van der Waals surface area contributed by atoms with E-state index in [0.717, 1.165) is 25.7 Å². The summed E-state index contributed by atoms with van der Waals surface area (Å²) in [6.07, 6.45) is 8.64. The van der Waals surface area contributed by atoms with Crippen LogP contribution in [0.25, 0.3) is 0 Å². The maximum absolute atomic E-state index is 12.6. The van der Waals surface area contributed by atoms with Crippen LogP contribution < -0.4 is 5.32 Å². The van der Waals surface area contributed by atoms with Crippen molar-refractivity contribution in [1.82, 2.24) is 5.32 Å². The van der Waals surface area contributed by atoms with E-state index >= 15 is 0 Å². The number of aryl methyl sites for hydroxylation is 1. The second-order valence-corrected chi connectivity index (χ2v) is 6.38. The van der Waals surface area contributed by atoms with E-state index in [1.54, 1.807) is 12.1 Å². The van der Waals surface area contributed by atoms with Crippen molar-refractivity contribution in [1.29, 1.82) is 0 Å². The second kappa shape index (κ2) is 9.38. The van der Waals surface area contributed by atoms with Gasteiger partial charge in [0.2, 0.25) is 0 Å². The highest BCUT2D eigenvalue weighted by molar-refractivity contribution is 6.01. The van der Waals surface area contributed by atoms with Crippen LogP contribution in [0.2, 0.25) is 0 Å². The van der Waals surface area contributed by atoms with E-state index in [2.05, 4.69) is 18.3 Å². The minimum Gasteiger partial charge on any atom is -0.481 e. The van der Waals surface area contributed by atoms with E-state index in [-0.39, 0.29) is 12.2 Å². The summed E-state index contributed by atoms with van der Waals surface area (Å²) in [4.78, 5) is 23.7. The first-order chi connectivity index (χ1) is 11.6. The van der Waals surface area contributed by atoms with Gasteiger partial charge >= 0.3 is 5.97 Å². The predicted octanol–water partition coefficient (Wildman–Crippen LogP) is 3.76. The van der Waals surface area contributed by atoms with E-state index in [4.69, 9.17) is 5.11 Å². The van der Waals surface area contributed by atoms with Crippen molar-refractivity contribution in [2.75, 3.05) is 6.54 Å². The molecule has 1 unspecified atom stereocenters. The lowest BCUT2D eigenvalue weighted by Crippen LogP contribution is -2.39. The van der Waals surface area contributed by atoms with Crippen LogP contribution in [0.5, 0.6) is 0 Å². The van der Waals surface area contributed by atoms with Gasteiger partial charge in [0.15, 0.2) is 5.78 Å². The quantitative estimate of drug-likeness (QED) is 0.535. The summed E-state index contributed by atoms with van der Waals surface area (Å²) in [6.45, 7) is 2.70. The third-order valence-electron chi connectivity index (χ3n) is 4.56. The van der Waals surface area contributed by atoms with Crippen LogP contribution in [0.4, 0.5) is 0 Å². The lowest BCUT2D eigenvalue weighted by molar-refractivity contribution is -0.137. The molecule has 2 N–H and O–H groups in total. The van der Waals surface area contributed by atoms with Crippen LogP contribution in [0.1, 0.15) is 61.4 Å². The summed E-state index contributed by atoms with van der Waals surface area (Å²) in [5.41, 5.74) is 3.16. The lowest BCUT2D eigenvalue weighted by Gasteiger charge is -2.18. The Bertz CT molecular complexity index is 589. The number of Topliss-reactive ketones (excluding diaryl/α,β-unsaturated/α-hetero) is 1. The normalized spacial score (nSPS) is 15.6. The molecule has 1 atom stereocenters. The Labute approximate surface area is 144 Å². The van der Waals surface area contributed by atoms with Crippen LogP contribution in [-0.2, 0) is 11.2 Å². The molecular formula is C20H27NO3. The number of rotatable bonds is 9. The molecular weight excluding hydrogens is 302 g/mol. The first kappa shape index (κ1) is 18.4. The fourth-order valence-electron chi connectivity index (χ4n) is 3.08. The van der Waals surface area contributed by atoms with Gasteiger partial charge in [-0.15, -0.1) is 0 Å². The Morgan fingerprint density at radius 2 is 1.96 bits per heavy atom. The highest BCUT2D eigenvalue weighted by Gasteiger charge is 2.22. The minimum absolute atomic E-state index is 0.141. The predicted molar refractivity (Wildman–Crippen MR) is 95.4 cm³/mol. The molecule has 0 aromatic heterocycles. The van der Waals surface area contributed by atoms with E-state index in [9.17, 15) is 9.59 Å². The zero-order valence-electron chi connectivity index (χ0n) is 14.4. The number of carbonyl (C=O) groups excluding carboxylic acids is 1. The van der Waals surface area contributed by atoms with Gasteiger partial charge in [0.25, 0.3) is 0 Å². The molecule has 0 fully saturated rings. The van der Waals surface area contributed by atoms with Crippen molar-refractivity contribution in [3.63, 3.8) is 0 Å². The van der Waals surface area contributed by atoms with Crippen molar-refractivity contribution < 1.29 is 14.7 Å². The average molecular weight is 329 g/mol. The third kappa shape index (κ3) is 5.60. The molecule has 1 aromatic carbocycles. The molecule has 0 bridgehead atoms. The number of aliphatic carboxylic acids is 1. The SMILES string of the molecule is CCc1ccc(C(=O)C(CC(=O)O)NCCC2=CCCCC2)cc1. The second-order valence-electron chi connectivity index (χ2n) is 6.38. The van der Waals surface area contributed by atoms with Crippen molar-refractivity contribution in [2.45, 2.75) is 57.9 Å². The molecule has 0 saturated heterocycles. The number of carboxylic acid groups (broad SMARTS) is 1. The molecule has 1 aromatic rings. The third-order valence-corrected chi connectivity index (χ3v) is 4.56. The molecule has 24 heavy (non-hydrogen) atoms. The molecule has 0 amide bonds. The Morgan fingerprint density at radius 3 is 2.54 bits per heavy atom. The van der Waals surface area contributed by atoms with Crippen molar-refractivity contribution in [3.8, 4) is 0 Å². The number of benzene rings is 1. The molecule has 0 saturated carbocycles. The van der Waals surface area contributed by atoms with E-state index in [1.807, 2.05) is 12.1 Å². The zero-order valence-corrected chi connectivity index (χ0v) is 14.4. The Balaban J connectivity index is 1.96. The fourth-order valence-corrected chi connectivity index (χ4v) is 3.08. The molecule has 1 aliphatic carbocycles. The number of carbonyl (C=O) groups is 2. The molecule has 1 aliphatic rings. The van der Waals surface area contributed by atoms with Gasteiger partial charge in [-0.25, -0.2) is 0 Å².